The molecule has 0 saturated heterocycles. The molecule has 0 aliphatic rings. The maximum Gasteiger partial charge on any atom is 0.206 e. The number of ketones is 1. The van der Waals surface area contributed by atoms with Gasteiger partial charge in [-0.15, -0.1) is 0 Å². The van der Waals surface area contributed by atoms with Crippen molar-refractivity contribution in [3.8, 4) is 17.3 Å². The highest BCUT2D eigenvalue weighted by Gasteiger charge is 2.21. The minimum absolute atomic E-state index is 0.0993. The molecule has 0 saturated carbocycles. The van der Waals surface area contributed by atoms with E-state index in [4.69, 9.17) is 16.3 Å². The van der Waals surface area contributed by atoms with Crippen LogP contribution in [0.4, 0.5) is 0 Å². The number of hydrogen-bond acceptors (Lipinski definition) is 6. The van der Waals surface area contributed by atoms with Crippen molar-refractivity contribution >= 4 is 39.8 Å². The molecule has 8 heteroatoms. The van der Waals surface area contributed by atoms with Crippen LogP contribution in [-0.2, 0) is 6.54 Å². The van der Waals surface area contributed by atoms with Gasteiger partial charge in [0.2, 0.25) is 5.78 Å². The van der Waals surface area contributed by atoms with Crippen LogP contribution in [0.3, 0.4) is 0 Å². The molecule has 3 aromatic heterocycles. The maximum absolute atomic E-state index is 13.5. The maximum atomic E-state index is 13.5. The smallest absolute Gasteiger partial charge is 0.206 e. The van der Waals surface area contributed by atoms with Crippen LogP contribution in [0.2, 0.25) is 5.02 Å². The zero-order chi connectivity index (χ0) is 22.1. The summed E-state index contributed by atoms with van der Waals surface area (Å²) < 4.78 is 11.8. The van der Waals surface area contributed by atoms with Gasteiger partial charge in [-0.2, -0.15) is 4.37 Å². The quantitative estimate of drug-likeness (QED) is 0.313. The molecule has 0 atom stereocenters. The van der Waals surface area contributed by atoms with Gasteiger partial charge >= 0.3 is 0 Å². The van der Waals surface area contributed by atoms with Crippen LogP contribution in [0.1, 0.15) is 20.8 Å². The highest BCUT2D eigenvalue weighted by atomic mass is 35.5. The predicted molar refractivity (Wildman–Crippen MR) is 126 cm³/mol. The first-order valence-electron chi connectivity index (χ1n) is 9.82. The number of rotatable bonds is 6. The van der Waals surface area contributed by atoms with E-state index in [1.54, 1.807) is 31.6 Å². The van der Waals surface area contributed by atoms with Crippen LogP contribution >= 0.6 is 23.1 Å². The summed E-state index contributed by atoms with van der Waals surface area (Å²) in [5.74, 6) is 1.09. The molecule has 5 aromatic rings. The van der Waals surface area contributed by atoms with Gasteiger partial charge in [0.1, 0.15) is 11.4 Å². The second-order valence-electron chi connectivity index (χ2n) is 7.16. The first kappa shape index (κ1) is 20.4. The van der Waals surface area contributed by atoms with Gasteiger partial charge in [-0.05, 0) is 59.6 Å². The minimum atomic E-state index is -0.0993. The van der Waals surface area contributed by atoms with E-state index in [1.807, 2.05) is 48.7 Å². The number of hydrogen-bond donors (Lipinski definition) is 0. The fourth-order valence-electron chi connectivity index (χ4n) is 3.55. The summed E-state index contributed by atoms with van der Waals surface area (Å²) in [7, 11) is 1.61. The second kappa shape index (κ2) is 8.53. The van der Waals surface area contributed by atoms with Crippen molar-refractivity contribution in [2.45, 2.75) is 6.54 Å². The molecule has 32 heavy (non-hydrogen) atoms. The molecule has 158 valence electrons. The molecule has 0 aliphatic heterocycles. The standard InChI is InChI=1S/C24H17ClN4O2S/c1-31-17-7-8-21-18(11-17)19(14-29(21)13-15-3-5-16(25)6-4-15)23(30)22-12-20(28-32-22)24-26-9-2-10-27-24/h2-12,14H,13H2,1H3. The van der Waals surface area contributed by atoms with E-state index >= 15 is 0 Å². The molecule has 0 unspecified atom stereocenters. The Labute approximate surface area is 193 Å². The van der Waals surface area contributed by atoms with Gasteiger partial charge in [-0.3, -0.25) is 4.79 Å². The number of nitrogens with zero attached hydrogens (tertiary/aromatic N) is 4. The van der Waals surface area contributed by atoms with E-state index in [2.05, 4.69) is 18.9 Å². The SMILES string of the molecule is COc1ccc2c(c1)c(C(=O)c1cc(-c3ncccn3)ns1)cn2Cc1ccc(Cl)cc1. The molecule has 5 rings (SSSR count). The molecule has 0 bridgehead atoms. The van der Waals surface area contributed by atoms with Crippen molar-refractivity contribution in [1.29, 1.82) is 0 Å². The van der Waals surface area contributed by atoms with Crippen LogP contribution in [0.25, 0.3) is 22.4 Å². The first-order chi connectivity index (χ1) is 15.6. The number of aromatic nitrogens is 4. The molecular formula is C24H17ClN4O2S. The first-order valence-corrected chi connectivity index (χ1v) is 11.0. The third-order valence-electron chi connectivity index (χ3n) is 5.13. The van der Waals surface area contributed by atoms with Crippen molar-refractivity contribution in [3.05, 3.63) is 94.2 Å². The van der Waals surface area contributed by atoms with Crippen molar-refractivity contribution in [2.24, 2.45) is 0 Å². The van der Waals surface area contributed by atoms with Crippen molar-refractivity contribution in [3.63, 3.8) is 0 Å². The number of carbonyl (C=O) groups is 1. The van der Waals surface area contributed by atoms with Gasteiger partial charge in [-0.25, -0.2) is 9.97 Å². The van der Waals surface area contributed by atoms with Crippen LogP contribution in [0, 0.1) is 0 Å². The van der Waals surface area contributed by atoms with E-state index in [9.17, 15) is 4.79 Å². The molecule has 0 radical (unpaired) electrons. The van der Waals surface area contributed by atoms with E-state index in [0.29, 0.717) is 39.3 Å². The van der Waals surface area contributed by atoms with Gasteiger partial charge in [-0.1, -0.05) is 23.7 Å². The Morgan fingerprint density at radius 3 is 2.62 bits per heavy atom. The normalized spacial score (nSPS) is 11.1. The van der Waals surface area contributed by atoms with Crippen molar-refractivity contribution in [2.75, 3.05) is 7.11 Å². The molecule has 2 aromatic carbocycles. The average Bonchev–Trinajstić information content (AvgIpc) is 3.46. The number of benzene rings is 2. The predicted octanol–water partition coefficient (Wildman–Crippen LogP) is 5.50. The Morgan fingerprint density at radius 1 is 1.09 bits per heavy atom. The summed E-state index contributed by atoms with van der Waals surface area (Å²) >= 11 is 7.17. The lowest BCUT2D eigenvalue weighted by atomic mass is 10.1. The molecule has 0 N–H and O–H groups in total. The van der Waals surface area contributed by atoms with Gasteiger partial charge in [0.25, 0.3) is 0 Å². The monoisotopic (exact) mass is 460 g/mol. The highest BCUT2D eigenvalue weighted by molar-refractivity contribution is 7.08. The second-order valence-corrected chi connectivity index (χ2v) is 8.40. The molecule has 6 nitrogen and oxygen atoms in total. The zero-order valence-corrected chi connectivity index (χ0v) is 18.6. The average molecular weight is 461 g/mol. The zero-order valence-electron chi connectivity index (χ0n) is 17.0. The topological polar surface area (TPSA) is 69.9 Å². The summed E-state index contributed by atoms with van der Waals surface area (Å²) in [6.45, 7) is 0.610. The number of fused-ring (bicyclic) bond motifs is 1. The molecule has 0 spiro atoms. The number of halogens is 1. The van der Waals surface area contributed by atoms with E-state index < -0.39 is 0 Å². The summed E-state index contributed by atoms with van der Waals surface area (Å²) in [6.07, 6.45) is 5.19. The third kappa shape index (κ3) is 3.88. The van der Waals surface area contributed by atoms with E-state index in [0.717, 1.165) is 28.0 Å². The fourth-order valence-corrected chi connectivity index (χ4v) is 4.37. The number of methoxy groups -OCH3 is 1. The molecular weight excluding hydrogens is 444 g/mol. The van der Waals surface area contributed by atoms with E-state index in [-0.39, 0.29) is 5.78 Å². The Balaban J connectivity index is 1.56. The van der Waals surface area contributed by atoms with Gasteiger partial charge in [0.05, 0.1) is 12.0 Å². The number of carbonyl (C=O) groups excluding carboxylic acids is 1. The summed E-state index contributed by atoms with van der Waals surface area (Å²) in [5.41, 5.74) is 3.21. The Morgan fingerprint density at radius 2 is 1.88 bits per heavy atom. The lowest BCUT2D eigenvalue weighted by Crippen LogP contribution is -1.99. The largest absolute Gasteiger partial charge is 0.497 e. The van der Waals surface area contributed by atoms with Gasteiger partial charge < -0.3 is 9.30 Å². The van der Waals surface area contributed by atoms with Crippen LogP contribution in [-0.4, -0.2) is 31.8 Å². The van der Waals surface area contributed by atoms with Crippen molar-refractivity contribution < 1.29 is 9.53 Å². The molecule has 3 heterocycles. The summed E-state index contributed by atoms with van der Waals surface area (Å²) in [6, 6.07) is 16.9. The van der Waals surface area contributed by atoms with Crippen LogP contribution in [0.5, 0.6) is 5.75 Å². The lowest BCUT2D eigenvalue weighted by molar-refractivity contribution is 0.104. The third-order valence-corrected chi connectivity index (χ3v) is 6.17. The molecule has 0 fully saturated rings. The Bertz CT molecular complexity index is 1410. The van der Waals surface area contributed by atoms with Crippen molar-refractivity contribution in [1.82, 2.24) is 18.9 Å². The summed E-state index contributed by atoms with van der Waals surface area (Å²) in [5, 5.41) is 1.52. The number of ether oxygens (including phenoxy) is 1. The van der Waals surface area contributed by atoms with Crippen LogP contribution in [0.15, 0.2) is 73.2 Å². The highest BCUT2D eigenvalue weighted by Crippen LogP contribution is 2.30. The molecule has 0 amide bonds. The van der Waals surface area contributed by atoms with Gasteiger partial charge in [0.15, 0.2) is 5.82 Å². The Kier molecular flexibility index (Phi) is 5.43. The van der Waals surface area contributed by atoms with Crippen LogP contribution < -0.4 is 4.74 Å². The summed E-state index contributed by atoms with van der Waals surface area (Å²) in [4.78, 5) is 22.4. The Hall–Kier alpha value is -3.55. The van der Waals surface area contributed by atoms with E-state index in [1.165, 1.54) is 0 Å². The lowest BCUT2D eigenvalue weighted by Gasteiger charge is -2.06. The molecule has 0 aliphatic carbocycles. The minimum Gasteiger partial charge on any atom is -0.497 e. The van der Waals surface area contributed by atoms with Gasteiger partial charge in [0, 0.05) is 46.6 Å². The fraction of sp³-hybridized carbons (Fsp3) is 0.0833.